The number of para-hydroxylation sites is 2. The van der Waals surface area contributed by atoms with Crippen LogP contribution in [0.4, 0.5) is 5.69 Å². The lowest BCUT2D eigenvalue weighted by Crippen LogP contribution is -2.45. The van der Waals surface area contributed by atoms with E-state index in [0.29, 0.717) is 11.3 Å². The molecule has 150 valence electrons. The van der Waals surface area contributed by atoms with Crippen molar-refractivity contribution in [3.8, 4) is 0 Å². The van der Waals surface area contributed by atoms with Gasteiger partial charge in [0.1, 0.15) is 5.52 Å². The van der Waals surface area contributed by atoms with E-state index in [1.165, 1.54) is 0 Å². The number of likely N-dealkylation sites (tertiary alicyclic amines) is 1. The molecule has 2 amide bonds. The molecule has 3 aromatic rings. The quantitative estimate of drug-likeness (QED) is 0.695. The minimum atomic E-state index is -0.488. The summed E-state index contributed by atoms with van der Waals surface area (Å²) in [6.45, 7) is 3.52. The van der Waals surface area contributed by atoms with Crippen LogP contribution in [0.1, 0.15) is 41.9 Å². The number of aromatic nitrogens is 1. The van der Waals surface area contributed by atoms with Gasteiger partial charge in [-0.2, -0.15) is 0 Å². The predicted octanol–water partition coefficient (Wildman–Crippen LogP) is 3.13. The van der Waals surface area contributed by atoms with Crippen LogP contribution in [0.3, 0.4) is 0 Å². The van der Waals surface area contributed by atoms with E-state index in [2.05, 4.69) is 15.2 Å². The average molecular weight is 392 g/mol. The first-order valence-electron chi connectivity index (χ1n) is 9.81. The molecule has 7 heteroatoms. The highest BCUT2D eigenvalue weighted by atomic mass is 16.3. The normalized spacial score (nSPS) is 16.6. The van der Waals surface area contributed by atoms with Gasteiger partial charge in [-0.3, -0.25) is 14.5 Å². The Hall–Kier alpha value is -3.19. The predicted molar refractivity (Wildman–Crippen MR) is 111 cm³/mol. The molecule has 1 aliphatic rings. The fraction of sp³-hybridized carbons (Fsp3) is 0.318. The summed E-state index contributed by atoms with van der Waals surface area (Å²) in [6.07, 6.45) is 1.80. The molecular weight excluding hydrogens is 368 g/mol. The minimum absolute atomic E-state index is 0.0721. The van der Waals surface area contributed by atoms with Gasteiger partial charge in [-0.05, 0) is 69.3 Å². The second-order valence-corrected chi connectivity index (χ2v) is 7.44. The summed E-state index contributed by atoms with van der Waals surface area (Å²) in [7, 11) is 0. The standard InChI is InChI=1S/C22H24N4O3/c1-14(21(28)24-17-8-6-15(7-9-17)20(23)27)26-12-10-16(11-13-26)22-25-18-4-2-3-5-19(18)29-22/h2-9,14,16H,10-13H2,1H3,(H2,23,27)(H,24,28). The number of oxazole rings is 1. The number of carbonyl (C=O) groups excluding carboxylic acids is 2. The summed E-state index contributed by atoms with van der Waals surface area (Å²) in [6, 6.07) is 14.1. The number of amides is 2. The average Bonchev–Trinajstić information content (AvgIpc) is 3.18. The number of fused-ring (bicyclic) bond motifs is 1. The Morgan fingerprint density at radius 1 is 1.14 bits per heavy atom. The first-order chi connectivity index (χ1) is 14.0. The summed E-state index contributed by atoms with van der Waals surface area (Å²) in [5.74, 6) is 0.503. The first-order valence-corrected chi connectivity index (χ1v) is 9.81. The van der Waals surface area contributed by atoms with Crippen molar-refractivity contribution in [1.29, 1.82) is 0 Å². The van der Waals surface area contributed by atoms with Gasteiger partial charge in [0.25, 0.3) is 0 Å². The monoisotopic (exact) mass is 392 g/mol. The molecule has 2 aromatic carbocycles. The van der Waals surface area contributed by atoms with Crippen LogP contribution in [0.5, 0.6) is 0 Å². The molecule has 1 saturated heterocycles. The molecule has 1 fully saturated rings. The molecule has 1 aromatic heterocycles. The number of benzene rings is 2. The van der Waals surface area contributed by atoms with E-state index in [-0.39, 0.29) is 17.9 Å². The van der Waals surface area contributed by atoms with E-state index < -0.39 is 5.91 Å². The number of piperidine rings is 1. The van der Waals surface area contributed by atoms with E-state index in [0.717, 1.165) is 42.9 Å². The Morgan fingerprint density at radius 3 is 2.48 bits per heavy atom. The van der Waals surface area contributed by atoms with Crippen LogP contribution in [0.2, 0.25) is 0 Å². The van der Waals surface area contributed by atoms with E-state index in [4.69, 9.17) is 10.2 Å². The van der Waals surface area contributed by atoms with Crippen LogP contribution < -0.4 is 11.1 Å². The maximum atomic E-state index is 12.6. The van der Waals surface area contributed by atoms with Crippen LogP contribution in [0.25, 0.3) is 11.1 Å². The topological polar surface area (TPSA) is 101 Å². The second-order valence-electron chi connectivity index (χ2n) is 7.44. The number of rotatable bonds is 5. The number of nitrogens with one attached hydrogen (secondary N) is 1. The fourth-order valence-electron chi connectivity index (χ4n) is 3.73. The highest BCUT2D eigenvalue weighted by Crippen LogP contribution is 2.30. The van der Waals surface area contributed by atoms with Crippen molar-refractivity contribution in [3.05, 3.63) is 60.0 Å². The Kier molecular flexibility index (Phi) is 5.31. The molecule has 7 nitrogen and oxygen atoms in total. The maximum absolute atomic E-state index is 12.6. The van der Waals surface area contributed by atoms with Crippen molar-refractivity contribution in [3.63, 3.8) is 0 Å². The Balaban J connectivity index is 1.33. The third kappa shape index (κ3) is 4.14. The Morgan fingerprint density at radius 2 is 1.83 bits per heavy atom. The van der Waals surface area contributed by atoms with Gasteiger partial charge in [0.15, 0.2) is 11.5 Å². The van der Waals surface area contributed by atoms with E-state index in [1.54, 1.807) is 24.3 Å². The maximum Gasteiger partial charge on any atom is 0.248 e. The molecule has 1 atom stereocenters. The molecule has 1 unspecified atom stereocenters. The SMILES string of the molecule is CC(C(=O)Nc1ccc(C(N)=O)cc1)N1CCC(c2nc3ccccc3o2)CC1. The smallest absolute Gasteiger partial charge is 0.248 e. The molecule has 0 bridgehead atoms. The van der Waals surface area contributed by atoms with Crippen LogP contribution in [-0.2, 0) is 4.79 Å². The third-order valence-electron chi connectivity index (χ3n) is 5.55. The number of hydrogen-bond donors (Lipinski definition) is 2. The van der Waals surface area contributed by atoms with E-state index in [9.17, 15) is 9.59 Å². The molecule has 29 heavy (non-hydrogen) atoms. The number of hydrogen-bond acceptors (Lipinski definition) is 5. The summed E-state index contributed by atoms with van der Waals surface area (Å²) in [5.41, 5.74) is 8.01. The van der Waals surface area contributed by atoms with Crippen molar-refractivity contribution < 1.29 is 14.0 Å². The number of primary amides is 1. The molecule has 3 N–H and O–H groups in total. The van der Waals surface area contributed by atoms with Gasteiger partial charge in [-0.15, -0.1) is 0 Å². The van der Waals surface area contributed by atoms with Crippen molar-refractivity contribution in [2.45, 2.75) is 31.7 Å². The van der Waals surface area contributed by atoms with Crippen LogP contribution in [0, 0.1) is 0 Å². The molecular formula is C22H24N4O3. The van der Waals surface area contributed by atoms with Crippen LogP contribution in [0.15, 0.2) is 52.9 Å². The van der Waals surface area contributed by atoms with E-state index in [1.807, 2.05) is 31.2 Å². The lowest BCUT2D eigenvalue weighted by Gasteiger charge is -2.34. The second kappa shape index (κ2) is 8.05. The highest BCUT2D eigenvalue weighted by Gasteiger charge is 2.29. The van der Waals surface area contributed by atoms with Gasteiger partial charge >= 0.3 is 0 Å². The summed E-state index contributed by atoms with van der Waals surface area (Å²) in [5, 5.41) is 2.90. The van der Waals surface area contributed by atoms with Crippen molar-refractivity contribution in [2.24, 2.45) is 5.73 Å². The third-order valence-corrected chi connectivity index (χ3v) is 5.55. The van der Waals surface area contributed by atoms with Crippen molar-refractivity contribution in [1.82, 2.24) is 9.88 Å². The van der Waals surface area contributed by atoms with Crippen LogP contribution in [-0.4, -0.2) is 40.8 Å². The summed E-state index contributed by atoms with van der Waals surface area (Å²) in [4.78, 5) is 30.6. The number of anilines is 1. The molecule has 1 aliphatic heterocycles. The van der Waals surface area contributed by atoms with Crippen molar-refractivity contribution >= 4 is 28.6 Å². The number of nitrogens with zero attached hydrogens (tertiary/aromatic N) is 2. The van der Waals surface area contributed by atoms with Gasteiger partial charge < -0.3 is 15.5 Å². The van der Waals surface area contributed by atoms with Crippen molar-refractivity contribution in [2.75, 3.05) is 18.4 Å². The largest absolute Gasteiger partial charge is 0.440 e. The van der Waals surface area contributed by atoms with Gasteiger partial charge in [0.05, 0.1) is 6.04 Å². The molecule has 0 saturated carbocycles. The molecule has 0 radical (unpaired) electrons. The summed E-state index contributed by atoms with van der Waals surface area (Å²) >= 11 is 0. The summed E-state index contributed by atoms with van der Waals surface area (Å²) < 4.78 is 5.91. The van der Waals surface area contributed by atoms with Gasteiger partial charge in [-0.1, -0.05) is 12.1 Å². The zero-order valence-electron chi connectivity index (χ0n) is 16.3. The highest BCUT2D eigenvalue weighted by molar-refractivity contribution is 5.96. The minimum Gasteiger partial charge on any atom is -0.440 e. The molecule has 0 spiro atoms. The molecule has 2 heterocycles. The lowest BCUT2D eigenvalue weighted by atomic mass is 9.95. The zero-order valence-corrected chi connectivity index (χ0v) is 16.3. The number of carbonyl (C=O) groups is 2. The lowest BCUT2D eigenvalue weighted by molar-refractivity contribution is -0.121. The zero-order chi connectivity index (χ0) is 20.4. The molecule has 4 rings (SSSR count). The van der Waals surface area contributed by atoms with Crippen LogP contribution >= 0.6 is 0 Å². The van der Waals surface area contributed by atoms with Gasteiger partial charge in [0, 0.05) is 17.2 Å². The molecule has 0 aliphatic carbocycles. The number of nitrogens with two attached hydrogens (primary N) is 1. The first kappa shape index (κ1) is 19.1. The van der Waals surface area contributed by atoms with Gasteiger partial charge in [-0.25, -0.2) is 4.98 Å². The fourth-order valence-corrected chi connectivity index (χ4v) is 3.73. The van der Waals surface area contributed by atoms with E-state index >= 15 is 0 Å². The Labute approximate surface area is 168 Å². The van der Waals surface area contributed by atoms with Gasteiger partial charge in [0.2, 0.25) is 11.8 Å². The Bertz CT molecular complexity index is 987.